The highest BCUT2D eigenvalue weighted by Crippen LogP contribution is 2.28. The van der Waals surface area contributed by atoms with Gasteiger partial charge in [-0.05, 0) is 31.5 Å². The van der Waals surface area contributed by atoms with Crippen molar-refractivity contribution in [2.75, 3.05) is 0 Å². The van der Waals surface area contributed by atoms with E-state index in [0.29, 0.717) is 21.9 Å². The molecule has 0 aliphatic heterocycles. The smallest absolute Gasteiger partial charge is 0.263 e. The summed E-state index contributed by atoms with van der Waals surface area (Å²) in [6, 6.07) is 3.57. The van der Waals surface area contributed by atoms with Gasteiger partial charge in [0.2, 0.25) is 0 Å². The monoisotopic (exact) mass is 384 g/mol. The van der Waals surface area contributed by atoms with E-state index in [2.05, 4.69) is 24.1 Å². The molecule has 0 saturated heterocycles. The number of thiazole rings is 1. The number of carbonyl (C=O) groups is 2. The van der Waals surface area contributed by atoms with Crippen molar-refractivity contribution in [1.29, 1.82) is 0 Å². The molecule has 0 saturated carbocycles. The minimum Gasteiger partial charge on any atom is -0.342 e. The molecule has 4 nitrogen and oxygen atoms in total. The molecule has 0 fully saturated rings. The van der Waals surface area contributed by atoms with Crippen LogP contribution >= 0.6 is 22.9 Å². The molecule has 136 valence electrons. The van der Waals surface area contributed by atoms with Gasteiger partial charge in [-0.3, -0.25) is 9.59 Å². The highest BCUT2D eigenvalue weighted by Gasteiger charge is 2.18. The van der Waals surface area contributed by atoms with Gasteiger partial charge < -0.3 is 5.32 Å². The van der Waals surface area contributed by atoms with Crippen LogP contribution in [-0.4, -0.2) is 22.7 Å². The number of hydrogen-bond donors (Lipinski definition) is 1. The molecule has 25 heavy (non-hydrogen) atoms. The van der Waals surface area contributed by atoms with Gasteiger partial charge in [0.25, 0.3) is 5.91 Å². The molecule has 0 bridgehead atoms. The highest BCUT2D eigenvalue weighted by molar-refractivity contribution is 7.16. The van der Waals surface area contributed by atoms with Gasteiger partial charge in [0.1, 0.15) is 15.7 Å². The summed E-state index contributed by atoms with van der Waals surface area (Å²) >= 11 is 6.93. The second kappa shape index (κ2) is 10.3. The van der Waals surface area contributed by atoms with Gasteiger partial charge in [0.15, 0.2) is 5.78 Å². The average Bonchev–Trinajstić information content (AvgIpc) is 3.02. The Kier molecular flexibility index (Phi) is 8.72. The Bertz CT molecular complexity index is 713. The average molecular weight is 385 g/mol. The van der Waals surface area contributed by atoms with Crippen molar-refractivity contribution in [3.63, 3.8) is 0 Å². The fraction of sp³-hybridized carbons (Fsp3) is 0.389. The Hall–Kier alpha value is -1.79. The Morgan fingerprint density at radius 2 is 1.92 bits per heavy atom. The molecule has 1 heterocycles. The number of amides is 1. The van der Waals surface area contributed by atoms with E-state index in [1.165, 1.54) is 31.7 Å². The lowest BCUT2D eigenvalue weighted by molar-refractivity contribution is -0.118. The van der Waals surface area contributed by atoms with E-state index >= 15 is 0 Å². The third-order valence-electron chi connectivity index (χ3n) is 3.04. The van der Waals surface area contributed by atoms with Crippen LogP contribution in [0.3, 0.4) is 0 Å². The number of hydrogen-bond acceptors (Lipinski definition) is 4. The maximum Gasteiger partial charge on any atom is 0.263 e. The zero-order valence-corrected chi connectivity index (χ0v) is 16.3. The molecule has 0 aliphatic rings. The van der Waals surface area contributed by atoms with Gasteiger partial charge >= 0.3 is 0 Å². The van der Waals surface area contributed by atoms with Crippen LogP contribution < -0.4 is 5.32 Å². The quantitative estimate of drug-likeness (QED) is 0.778. The topological polar surface area (TPSA) is 59.1 Å². The Labute approximate surface area is 156 Å². The number of carbonyl (C=O) groups excluding carboxylic acids is 2. The van der Waals surface area contributed by atoms with Crippen molar-refractivity contribution in [3.8, 4) is 10.6 Å². The first-order valence-corrected chi connectivity index (χ1v) is 9.25. The molecule has 1 unspecified atom stereocenters. The maximum absolute atomic E-state index is 13.4. The summed E-state index contributed by atoms with van der Waals surface area (Å²) in [6.45, 7) is 7.50. The predicted molar refractivity (Wildman–Crippen MR) is 101 cm³/mol. The SMILES string of the molecule is CCC.CCC(NC(=O)c1cnc(-c2cc(F)cc(Cl)c2)s1)C(C)=O. The Balaban J connectivity index is 0.000000970. The van der Waals surface area contributed by atoms with Crippen LogP contribution in [0.2, 0.25) is 5.02 Å². The maximum atomic E-state index is 13.4. The summed E-state index contributed by atoms with van der Waals surface area (Å²) < 4.78 is 13.4. The Morgan fingerprint density at radius 3 is 2.44 bits per heavy atom. The second-order valence-electron chi connectivity index (χ2n) is 5.44. The summed E-state index contributed by atoms with van der Waals surface area (Å²) in [5.74, 6) is -0.933. The third kappa shape index (κ3) is 6.55. The summed E-state index contributed by atoms with van der Waals surface area (Å²) in [6.07, 6.45) is 3.17. The van der Waals surface area contributed by atoms with Crippen molar-refractivity contribution >= 4 is 34.6 Å². The number of nitrogens with one attached hydrogen (secondary N) is 1. The molecular formula is C18H22ClFN2O2S. The van der Waals surface area contributed by atoms with E-state index in [4.69, 9.17) is 11.6 Å². The van der Waals surface area contributed by atoms with Crippen LogP contribution in [0.4, 0.5) is 4.39 Å². The van der Waals surface area contributed by atoms with Crippen molar-refractivity contribution in [1.82, 2.24) is 10.3 Å². The number of nitrogens with zero attached hydrogens (tertiary/aromatic N) is 1. The lowest BCUT2D eigenvalue weighted by atomic mass is 10.1. The van der Waals surface area contributed by atoms with Crippen LogP contribution in [-0.2, 0) is 4.79 Å². The van der Waals surface area contributed by atoms with Crippen LogP contribution in [0.15, 0.2) is 24.4 Å². The first-order valence-electron chi connectivity index (χ1n) is 8.05. The summed E-state index contributed by atoms with van der Waals surface area (Å²) in [4.78, 5) is 27.9. The molecule has 1 atom stereocenters. The summed E-state index contributed by atoms with van der Waals surface area (Å²) in [5.41, 5.74) is 0.507. The van der Waals surface area contributed by atoms with Gasteiger partial charge in [-0.2, -0.15) is 0 Å². The molecule has 0 aliphatic carbocycles. The number of aromatic nitrogens is 1. The molecule has 1 N–H and O–H groups in total. The van der Waals surface area contributed by atoms with Crippen molar-refractivity contribution in [2.24, 2.45) is 0 Å². The second-order valence-corrected chi connectivity index (χ2v) is 6.91. The van der Waals surface area contributed by atoms with Gasteiger partial charge in [0.05, 0.1) is 12.2 Å². The minimum absolute atomic E-state index is 0.0995. The predicted octanol–water partition coefficient (Wildman–Crippen LogP) is 5.12. The molecule has 1 amide bonds. The zero-order chi connectivity index (χ0) is 19.0. The number of rotatable bonds is 5. The molecule has 1 aromatic carbocycles. The lowest BCUT2D eigenvalue weighted by Gasteiger charge is -2.12. The van der Waals surface area contributed by atoms with Gasteiger partial charge in [-0.1, -0.05) is 38.8 Å². The molecular weight excluding hydrogens is 363 g/mol. The van der Waals surface area contributed by atoms with Crippen LogP contribution in [0, 0.1) is 5.82 Å². The fourth-order valence-electron chi connectivity index (χ4n) is 1.91. The van der Waals surface area contributed by atoms with Crippen LogP contribution in [0.25, 0.3) is 10.6 Å². The third-order valence-corrected chi connectivity index (χ3v) is 4.31. The van der Waals surface area contributed by atoms with E-state index in [0.717, 1.165) is 11.3 Å². The van der Waals surface area contributed by atoms with Crippen LogP contribution in [0.1, 0.15) is 50.2 Å². The first-order chi connectivity index (χ1) is 11.8. The fourth-order valence-corrected chi connectivity index (χ4v) is 2.94. The molecule has 2 aromatic rings. The molecule has 7 heteroatoms. The molecule has 0 spiro atoms. The normalized spacial score (nSPS) is 11.3. The van der Waals surface area contributed by atoms with Gasteiger partial charge in [0, 0.05) is 10.6 Å². The number of halogens is 2. The summed E-state index contributed by atoms with van der Waals surface area (Å²) in [7, 11) is 0. The van der Waals surface area contributed by atoms with Crippen molar-refractivity contribution in [3.05, 3.63) is 40.1 Å². The number of Topliss-reactive ketones (excluding diaryl/α,β-unsaturated/α-hetero) is 1. The summed E-state index contributed by atoms with van der Waals surface area (Å²) in [5, 5.41) is 3.40. The van der Waals surface area contributed by atoms with E-state index in [-0.39, 0.29) is 16.7 Å². The zero-order valence-electron chi connectivity index (χ0n) is 14.7. The molecule has 1 aromatic heterocycles. The standard InChI is InChI=1S/C15H14ClFN2O2S.C3H8/c1-3-12(8(2)20)19-14(21)13-7-18-15(22-13)9-4-10(16)6-11(17)5-9;1-3-2/h4-7,12H,3H2,1-2H3,(H,19,21);3H2,1-2H3. The first kappa shape index (κ1) is 21.3. The number of ketones is 1. The van der Waals surface area contributed by atoms with E-state index < -0.39 is 11.9 Å². The highest BCUT2D eigenvalue weighted by atomic mass is 35.5. The van der Waals surface area contributed by atoms with Crippen molar-refractivity contribution in [2.45, 2.75) is 46.6 Å². The molecule has 0 radical (unpaired) electrons. The Morgan fingerprint density at radius 1 is 1.28 bits per heavy atom. The van der Waals surface area contributed by atoms with Gasteiger partial charge in [-0.25, -0.2) is 9.37 Å². The van der Waals surface area contributed by atoms with Crippen LogP contribution in [0.5, 0.6) is 0 Å². The number of benzene rings is 1. The largest absolute Gasteiger partial charge is 0.342 e. The minimum atomic E-state index is -0.512. The van der Waals surface area contributed by atoms with E-state index in [1.807, 2.05) is 6.92 Å². The lowest BCUT2D eigenvalue weighted by Crippen LogP contribution is -2.38. The van der Waals surface area contributed by atoms with Gasteiger partial charge in [-0.15, -0.1) is 11.3 Å². The van der Waals surface area contributed by atoms with E-state index in [1.54, 1.807) is 6.07 Å². The molecule has 2 rings (SSSR count). The van der Waals surface area contributed by atoms with E-state index in [9.17, 15) is 14.0 Å². The van der Waals surface area contributed by atoms with Crippen molar-refractivity contribution < 1.29 is 14.0 Å².